The van der Waals surface area contributed by atoms with Crippen molar-refractivity contribution in [1.82, 2.24) is 10.3 Å². The van der Waals surface area contributed by atoms with Crippen molar-refractivity contribution in [2.75, 3.05) is 18.7 Å². The van der Waals surface area contributed by atoms with Gasteiger partial charge in [0, 0.05) is 30.1 Å². The van der Waals surface area contributed by atoms with Crippen molar-refractivity contribution < 1.29 is 19.1 Å². The maximum atomic E-state index is 12.4. The lowest BCUT2D eigenvalue weighted by Gasteiger charge is -2.08. The number of hydrogen-bond acceptors (Lipinski definition) is 5. The van der Waals surface area contributed by atoms with Crippen molar-refractivity contribution in [1.29, 1.82) is 0 Å². The maximum Gasteiger partial charge on any atom is 0.269 e. The molecule has 1 aromatic carbocycles. The molecule has 2 amide bonds. The highest BCUT2D eigenvalue weighted by atomic mass is 16.7. The van der Waals surface area contributed by atoms with E-state index in [9.17, 15) is 9.59 Å². The minimum absolute atomic E-state index is 0.174. The Morgan fingerprint density at radius 2 is 1.96 bits per heavy atom. The molecular weight excluding hydrogens is 322 g/mol. The van der Waals surface area contributed by atoms with Gasteiger partial charge in [0.2, 0.25) is 6.79 Å². The van der Waals surface area contributed by atoms with Crippen molar-refractivity contribution in [3.05, 3.63) is 47.8 Å². The van der Waals surface area contributed by atoms with E-state index < -0.39 is 0 Å². The van der Waals surface area contributed by atoms with Crippen LogP contribution >= 0.6 is 0 Å². The molecule has 25 heavy (non-hydrogen) atoms. The summed E-state index contributed by atoms with van der Waals surface area (Å²) in [5.74, 6) is 0.617. The number of aromatic nitrogens is 1. The number of benzene rings is 1. The van der Waals surface area contributed by atoms with Gasteiger partial charge in [0.25, 0.3) is 11.8 Å². The fourth-order valence-electron chi connectivity index (χ4n) is 2.34. The number of pyridine rings is 1. The van der Waals surface area contributed by atoms with Crippen LogP contribution in [-0.2, 0) is 0 Å². The Balaban J connectivity index is 1.68. The fourth-order valence-corrected chi connectivity index (χ4v) is 2.34. The second kappa shape index (κ2) is 7.65. The zero-order chi connectivity index (χ0) is 17.6. The highest BCUT2D eigenvalue weighted by molar-refractivity contribution is 6.05. The molecular formula is C18H19N3O4. The van der Waals surface area contributed by atoms with Crippen LogP contribution in [0, 0.1) is 0 Å². The van der Waals surface area contributed by atoms with Crippen LogP contribution in [0.5, 0.6) is 11.5 Å². The molecule has 0 radical (unpaired) electrons. The third kappa shape index (κ3) is 4.06. The van der Waals surface area contributed by atoms with E-state index in [0.717, 1.165) is 12.8 Å². The number of fused-ring (bicyclic) bond motifs is 1. The predicted octanol–water partition coefficient (Wildman–Crippen LogP) is 2.59. The van der Waals surface area contributed by atoms with Crippen molar-refractivity contribution in [3.63, 3.8) is 0 Å². The number of nitrogens with one attached hydrogen (secondary N) is 2. The van der Waals surface area contributed by atoms with Crippen molar-refractivity contribution in [3.8, 4) is 11.5 Å². The molecule has 2 N–H and O–H groups in total. The average Bonchev–Trinajstić information content (AvgIpc) is 3.09. The zero-order valence-corrected chi connectivity index (χ0v) is 13.9. The van der Waals surface area contributed by atoms with E-state index >= 15 is 0 Å². The quantitative estimate of drug-likeness (QED) is 0.788. The Morgan fingerprint density at radius 3 is 2.80 bits per heavy atom. The molecule has 0 unspecified atom stereocenters. The molecule has 0 fully saturated rings. The van der Waals surface area contributed by atoms with Gasteiger partial charge in [0.1, 0.15) is 5.69 Å². The molecule has 1 aliphatic heterocycles. The number of amides is 2. The van der Waals surface area contributed by atoms with Crippen LogP contribution in [0.15, 0.2) is 36.5 Å². The summed E-state index contributed by atoms with van der Waals surface area (Å²) in [4.78, 5) is 28.5. The van der Waals surface area contributed by atoms with Crippen molar-refractivity contribution in [2.24, 2.45) is 0 Å². The highest BCUT2D eigenvalue weighted by Crippen LogP contribution is 2.34. The summed E-state index contributed by atoms with van der Waals surface area (Å²) in [6.07, 6.45) is 3.34. The van der Waals surface area contributed by atoms with Gasteiger partial charge < -0.3 is 20.1 Å². The van der Waals surface area contributed by atoms with E-state index in [2.05, 4.69) is 15.6 Å². The second-order valence-corrected chi connectivity index (χ2v) is 5.56. The number of nitrogens with zero attached hydrogens (tertiary/aromatic N) is 1. The molecule has 0 spiro atoms. The van der Waals surface area contributed by atoms with Gasteiger partial charge in [-0.05, 0) is 30.7 Å². The molecule has 7 heteroatoms. The smallest absolute Gasteiger partial charge is 0.269 e. The van der Waals surface area contributed by atoms with Gasteiger partial charge in [-0.15, -0.1) is 0 Å². The molecule has 0 saturated heterocycles. The van der Waals surface area contributed by atoms with E-state index in [1.807, 2.05) is 6.92 Å². The van der Waals surface area contributed by atoms with Gasteiger partial charge >= 0.3 is 0 Å². The molecule has 2 aromatic rings. The molecule has 3 rings (SSSR count). The van der Waals surface area contributed by atoms with Crippen LogP contribution in [-0.4, -0.2) is 30.1 Å². The van der Waals surface area contributed by atoms with E-state index in [1.165, 1.54) is 12.3 Å². The van der Waals surface area contributed by atoms with E-state index in [1.54, 1.807) is 24.3 Å². The van der Waals surface area contributed by atoms with E-state index in [-0.39, 0.29) is 24.3 Å². The maximum absolute atomic E-state index is 12.4. The first kappa shape index (κ1) is 16.8. The summed E-state index contributed by atoms with van der Waals surface area (Å²) in [6, 6.07) is 8.19. The summed E-state index contributed by atoms with van der Waals surface area (Å²) < 4.78 is 10.5. The van der Waals surface area contributed by atoms with Gasteiger partial charge in [-0.25, -0.2) is 0 Å². The summed E-state index contributed by atoms with van der Waals surface area (Å²) in [7, 11) is 0. The Kier molecular flexibility index (Phi) is 5.13. The highest BCUT2D eigenvalue weighted by Gasteiger charge is 2.15. The lowest BCUT2D eigenvalue weighted by Crippen LogP contribution is -2.25. The summed E-state index contributed by atoms with van der Waals surface area (Å²) in [6.45, 7) is 2.81. The van der Waals surface area contributed by atoms with Crippen LogP contribution in [0.1, 0.15) is 40.6 Å². The van der Waals surface area contributed by atoms with Gasteiger partial charge in [0.05, 0.1) is 0 Å². The largest absolute Gasteiger partial charge is 0.454 e. The Hall–Kier alpha value is -3.09. The number of anilines is 1. The number of rotatable bonds is 6. The molecule has 130 valence electrons. The van der Waals surface area contributed by atoms with Crippen LogP contribution in [0.3, 0.4) is 0 Å². The number of hydrogen-bond donors (Lipinski definition) is 2. The topological polar surface area (TPSA) is 89.6 Å². The lowest BCUT2D eigenvalue weighted by atomic mass is 10.2. The minimum atomic E-state index is -0.330. The SMILES string of the molecule is CCCCNC(=O)c1cc(C(=O)Nc2ccc3c(c2)OCO3)ccn1. The Labute approximate surface area is 145 Å². The molecule has 0 aliphatic carbocycles. The Bertz CT molecular complexity index is 792. The molecule has 0 saturated carbocycles. The van der Waals surface area contributed by atoms with Gasteiger partial charge in [-0.2, -0.15) is 0 Å². The van der Waals surface area contributed by atoms with Crippen LogP contribution in [0.2, 0.25) is 0 Å². The number of carbonyl (C=O) groups is 2. The standard InChI is InChI=1S/C18H19N3O4/c1-2-3-7-20-18(23)14-9-12(6-8-19-14)17(22)21-13-4-5-15-16(10-13)25-11-24-15/h4-6,8-10H,2-3,7,11H2,1H3,(H,20,23)(H,21,22). The van der Waals surface area contributed by atoms with Crippen LogP contribution in [0.4, 0.5) is 5.69 Å². The third-order valence-electron chi connectivity index (χ3n) is 3.70. The Morgan fingerprint density at radius 1 is 1.12 bits per heavy atom. The summed E-state index contributed by atoms with van der Waals surface area (Å²) in [5, 5.41) is 5.55. The molecule has 2 heterocycles. The van der Waals surface area contributed by atoms with E-state index in [4.69, 9.17) is 9.47 Å². The predicted molar refractivity (Wildman–Crippen MR) is 92.0 cm³/mol. The zero-order valence-electron chi connectivity index (χ0n) is 13.9. The first-order chi connectivity index (χ1) is 12.2. The molecule has 0 bridgehead atoms. The first-order valence-electron chi connectivity index (χ1n) is 8.12. The fraction of sp³-hybridized carbons (Fsp3) is 0.278. The second-order valence-electron chi connectivity index (χ2n) is 5.56. The van der Waals surface area contributed by atoms with Crippen molar-refractivity contribution in [2.45, 2.75) is 19.8 Å². The first-order valence-corrected chi connectivity index (χ1v) is 8.12. The van der Waals surface area contributed by atoms with Gasteiger partial charge in [-0.3, -0.25) is 14.6 Å². The third-order valence-corrected chi connectivity index (χ3v) is 3.70. The van der Waals surface area contributed by atoms with Gasteiger partial charge in [0.15, 0.2) is 11.5 Å². The molecule has 0 atom stereocenters. The number of carbonyl (C=O) groups excluding carboxylic acids is 2. The molecule has 7 nitrogen and oxygen atoms in total. The summed E-state index contributed by atoms with van der Waals surface area (Å²) >= 11 is 0. The van der Waals surface area contributed by atoms with E-state index in [0.29, 0.717) is 29.3 Å². The molecule has 1 aromatic heterocycles. The lowest BCUT2D eigenvalue weighted by molar-refractivity contribution is 0.0948. The molecule has 1 aliphatic rings. The average molecular weight is 341 g/mol. The minimum Gasteiger partial charge on any atom is -0.454 e. The normalized spacial score (nSPS) is 11.9. The van der Waals surface area contributed by atoms with Crippen LogP contribution < -0.4 is 20.1 Å². The van der Waals surface area contributed by atoms with Crippen LogP contribution in [0.25, 0.3) is 0 Å². The number of unbranched alkanes of at least 4 members (excludes halogenated alkanes) is 1. The number of ether oxygens (including phenoxy) is 2. The summed E-state index contributed by atoms with van der Waals surface area (Å²) in [5.41, 5.74) is 1.16. The van der Waals surface area contributed by atoms with Crippen molar-refractivity contribution >= 4 is 17.5 Å². The monoisotopic (exact) mass is 341 g/mol. The van der Waals surface area contributed by atoms with Gasteiger partial charge in [-0.1, -0.05) is 13.3 Å².